The van der Waals surface area contributed by atoms with Crippen LogP contribution in [0, 0.1) is 23.2 Å². The van der Waals surface area contributed by atoms with Gasteiger partial charge in [0.25, 0.3) is 5.91 Å². The Morgan fingerprint density at radius 1 is 0.776 bits per heavy atom. The Morgan fingerprint density at radius 2 is 1.40 bits per heavy atom. The van der Waals surface area contributed by atoms with Gasteiger partial charge in [0.15, 0.2) is 0 Å². The van der Waals surface area contributed by atoms with Gasteiger partial charge in [-0.1, -0.05) is 77.4 Å². The number of aliphatic hydroxyl groups is 1. The van der Waals surface area contributed by atoms with Gasteiger partial charge in [-0.3, -0.25) is 28.8 Å². The topological polar surface area (TPSA) is 239 Å². The highest BCUT2D eigenvalue weighted by Gasteiger charge is 2.68. The molecule has 1 unspecified atom stereocenters. The molecular formula is C50H76BN7O9. The summed E-state index contributed by atoms with van der Waals surface area (Å²) >= 11 is 0. The van der Waals surface area contributed by atoms with Crippen molar-refractivity contribution < 1.29 is 43.2 Å². The smallest absolute Gasteiger partial charge is 0.404 e. The van der Waals surface area contributed by atoms with E-state index in [0.29, 0.717) is 36.8 Å². The summed E-state index contributed by atoms with van der Waals surface area (Å²) < 4.78 is 12.9. The molecule has 1 aliphatic heterocycles. The molecular weight excluding hydrogens is 853 g/mol. The first kappa shape index (κ1) is 53.1. The lowest BCUT2D eigenvalue weighted by atomic mass is 9.43. The lowest BCUT2D eigenvalue weighted by Gasteiger charge is -2.64. The molecule has 1 saturated heterocycles. The molecule has 3 saturated carbocycles. The van der Waals surface area contributed by atoms with E-state index < -0.39 is 78.5 Å². The zero-order valence-electron chi connectivity index (χ0n) is 41.0. The van der Waals surface area contributed by atoms with Crippen LogP contribution in [-0.4, -0.2) is 109 Å². The number of hydrogen-bond donors (Lipinski definition) is 8. The third-order valence-electron chi connectivity index (χ3n) is 14.3. The maximum atomic E-state index is 13.6. The highest BCUT2D eigenvalue weighted by molar-refractivity contribution is 6.47. The van der Waals surface area contributed by atoms with E-state index in [1.165, 1.54) is 19.4 Å². The van der Waals surface area contributed by atoms with Crippen LogP contribution in [0.1, 0.15) is 130 Å². The first-order valence-corrected chi connectivity index (χ1v) is 24.4. The molecule has 368 valence electrons. The molecule has 10 atom stereocenters. The first-order chi connectivity index (χ1) is 31.7. The normalized spacial score (nSPS) is 23.0. The number of nitrogens with two attached hydrogens (primary N) is 1. The summed E-state index contributed by atoms with van der Waals surface area (Å²) in [5.74, 6) is -3.42. The third-order valence-corrected chi connectivity index (χ3v) is 14.3. The number of nitrogens with one attached hydrogen (secondary N) is 6. The minimum atomic E-state index is -1.49. The van der Waals surface area contributed by atoms with Gasteiger partial charge in [-0.05, 0) is 131 Å². The van der Waals surface area contributed by atoms with E-state index in [4.69, 9.17) is 15.0 Å². The predicted octanol–water partition coefficient (Wildman–Crippen LogP) is 3.71. The zero-order valence-corrected chi connectivity index (χ0v) is 41.0. The summed E-state index contributed by atoms with van der Waals surface area (Å²) in [6.45, 7) is 17.3. The number of unbranched alkanes of at least 4 members (excludes halogenated alkanes) is 2. The second-order valence-electron chi connectivity index (χ2n) is 20.1. The molecule has 2 aromatic rings. The summed E-state index contributed by atoms with van der Waals surface area (Å²) in [7, 11) is -0.649. The number of aliphatic hydroxyl groups excluding tert-OH is 1. The number of hydrogen-bond acceptors (Lipinski definition) is 10. The maximum Gasteiger partial charge on any atom is 0.481 e. The zero-order chi connectivity index (χ0) is 49.2. The van der Waals surface area contributed by atoms with Crippen LogP contribution in [0.3, 0.4) is 0 Å². The van der Waals surface area contributed by atoms with Crippen LogP contribution in [0.5, 0.6) is 0 Å². The second-order valence-corrected chi connectivity index (χ2v) is 20.1. The number of benzene rings is 2. The van der Waals surface area contributed by atoms with E-state index in [9.17, 15) is 33.9 Å². The Kier molecular flexibility index (Phi) is 18.6. The lowest BCUT2D eigenvalue weighted by Crippen LogP contribution is -2.65. The number of aryl methyl sites for hydroxylation is 1. The molecule has 2 bridgehead atoms. The van der Waals surface area contributed by atoms with Crippen molar-refractivity contribution in [1.82, 2.24) is 31.9 Å². The summed E-state index contributed by atoms with van der Waals surface area (Å²) in [6.07, 6.45) is 5.00. The van der Waals surface area contributed by atoms with Gasteiger partial charge in [-0.15, -0.1) is 0 Å². The van der Waals surface area contributed by atoms with Gasteiger partial charge >= 0.3 is 7.12 Å². The second kappa shape index (κ2) is 23.5. The molecule has 6 rings (SSSR count). The molecule has 4 aliphatic rings. The summed E-state index contributed by atoms with van der Waals surface area (Å²) in [5, 5.41) is 26.9. The molecule has 0 radical (unpaired) electrons. The third kappa shape index (κ3) is 13.2. The van der Waals surface area contributed by atoms with E-state index >= 15 is 0 Å². The molecule has 67 heavy (non-hydrogen) atoms. The largest absolute Gasteiger partial charge is 0.481 e. The van der Waals surface area contributed by atoms with Crippen LogP contribution in [0.4, 0.5) is 0 Å². The SMILES string of the molecule is CCCCc1ccc(-c2ccc(C(=O)NCCC(=O)N[C@@H](CCCCN)C(=O)N[C@H](C(=O)N[C@@H](C)C(=O)N[C@H](C(=O)N[C@@H](C)B3OC4C[C@@H]5C[C@@H](C5(C)C)[C@]4(C)O3)C(C)C)[C@@H](C)O)cc2)cc1. The van der Waals surface area contributed by atoms with Gasteiger partial charge in [-0.2, -0.15) is 0 Å². The molecule has 1 heterocycles. The van der Waals surface area contributed by atoms with Crippen molar-refractivity contribution >= 4 is 42.6 Å². The Hall–Kier alpha value is -4.84. The van der Waals surface area contributed by atoms with Crippen LogP contribution in [-0.2, 0) is 39.7 Å². The van der Waals surface area contributed by atoms with E-state index in [0.717, 1.165) is 43.2 Å². The Balaban J connectivity index is 1.09. The minimum Gasteiger partial charge on any atom is -0.404 e. The highest BCUT2D eigenvalue weighted by Crippen LogP contribution is 2.65. The van der Waals surface area contributed by atoms with E-state index in [1.807, 2.05) is 19.1 Å². The fraction of sp³-hybridized carbons (Fsp3) is 0.640. The van der Waals surface area contributed by atoms with Gasteiger partial charge in [0.2, 0.25) is 29.5 Å². The van der Waals surface area contributed by atoms with Crippen molar-refractivity contribution in [2.45, 2.75) is 168 Å². The predicted molar refractivity (Wildman–Crippen MR) is 258 cm³/mol. The van der Waals surface area contributed by atoms with Crippen molar-refractivity contribution in [2.24, 2.45) is 28.9 Å². The Morgan fingerprint density at radius 3 is 2.00 bits per heavy atom. The molecule has 2 aromatic carbocycles. The maximum absolute atomic E-state index is 13.6. The molecule has 6 amide bonds. The van der Waals surface area contributed by atoms with Gasteiger partial charge in [0, 0.05) is 18.5 Å². The molecule has 0 aromatic heterocycles. The number of carbonyl (C=O) groups is 6. The molecule has 16 nitrogen and oxygen atoms in total. The molecule has 17 heteroatoms. The Bertz CT molecular complexity index is 2030. The van der Waals surface area contributed by atoms with Gasteiger partial charge < -0.3 is 52.0 Å². The van der Waals surface area contributed by atoms with E-state index in [2.05, 4.69) is 83.9 Å². The fourth-order valence-electron chi connectivity index (χ4n) is 9.82. The summed E-state index contributed by atoms with van der Waals surface area (Å²) in [6, 6.07) is 10.9. The van der Waals surface area contributed by atoms with Gasteiger partial charge in [-0.25, -0.2) is 0 Å². The highest BCUT2D eigenvalue weighted by atomic mass is 16.7. The first-order valence-electron chi connectivity index (χ1n) is 24.4. The number of carbonyl (C=O) groups excluding carboxylic acids is 6. The van der Waals surface area contributed by atoms with Crippen LogP contribution in [0.25, 0.3) is 11.1 Å². The van der Waals surface area contributed by atoms with Crippen molar-refractivity contribution in [3.63, 3.8) is 0 Å². The molecule has 4 fully saturated rings. The number of amides is 6. The lowest BCUT2D eigenvalue weighted by molar-refractivity contribution is -0.199. The van der Waals surface area contributed by atoms with E-state index in [-0.39, 0.29) is 42.7 Å². The molecule has 9 N–H and O–H groups in total. The van der Waals surface area contributed by atoms with Crippen molar-refractivity contribution in [1.29, 1.82) is 0 Å². The van der Waals surface area contributed by atoms with Gasteiger partial charge in [0.1, 0.15) is 24.2 Å². The molecule has 0 spiro atoms. The summed E-state index contributed by atoms with van der Waals surface area (Å²) in [4.78, 5) is 80.3. The minimum absolute atomic E-state index is 0.00237. The van der Waals surface area contributed by atoms with Crippen LogP contribution in [0.2, 0.25) is 0 Å². The van der Waals surface area contributed by atoms with Crippen molar-refractivity contribution in [3.8, 4) is 11.1 Å². The fourth-order valence-corrected chi connectivity index (χ4v) is 9.82. The van der Waals surface area contributed by atoms with Crippen molar-refractivity contribution in [3.05, 3.63) is 59.7 Å². The monoisotopic (exact) mass is 930 g/mol. The average molecular weight is 930 g/mol. The van der Waals surface area contributed by atoms with Crippen molar-refractivity contribution in [2.75, 3.05) is 13.1 Å². The van der Waals surface area contributed by atoms with Crippen LogP contribution in [0.15, 0.2) is 48.5 Å². The average Bonchev–Trinajstić information content (AvgIpc) is 3.66. The quantitative estimate of drug-likeness (QED) is 0.0561. The van der Waals surface area contributed by atoms with E-state index in [1.54, 1.807) is 26.0 Å². The van der Waals surface area contributed by atoms with Crippen LogP contribution < -0.4 is 37.6 Å². The van der Waals surface area contributed by atoms with Crippen LogP contribution >= 0.6 is 0 Å². The number of rotatable bonds is 24. The summed E-state index contributed by atoms with van der Waals surface area (Å²) in [5.41, 5.74) is 9.17. The standard InChI is InChI=1S/C50H76BN7O9/c1-10-11-14-33-16-18-34(19-17-33)35-20-22-36(23-21-35)45(62)53-26-24-41(60)56-38(15-12-13-25-52)46(63)58-43(31(5)59)48(65)54-30(4)44(61)57-42(29(2)3)47(64)55-32(6)51-66-40-28-37-27-39(49(37,7)8)50(40,9)67-51/h16-23,29-32,37-40,42-43,59H,10-15,24-28,52H2,1-9H3,(H,53,62)(H,54,65)(H,55,64)(H,56,60)(H,57,61)(H,58,63)/t30-,31+,32-,37-,38-,39-,40?,42-,43-,50-/m0/s1. The Labute approximate surface area is 397 Å². The molecule has 3 aliphatic carbocycles. The van der Waals surface area contributed by atoms with Gasteiger partial charge in [0.05, 0.1) is 23.8 Å².